The number of anilines is 2. The minimum atomic E-state index is -1.43. The topological polar surface area (TPSA) is 117 Å². The molecule has 1 atom stereocenters. The Morgan fingerprint density at radius 2 is 1.63 bits per heavy atom. The highest BCUT2D eigenvalue weighted by Crippen LogP contribution is 2.26. The number of hydrogen-bond donors (Lipinski definition) is 3. The van der Waals surface area contributed by atoms with Crippen LogP contribution in [-0.4, -0.2) is 28.5 Å². The van der Waals surface area contributed by atoms with E-state index in [0.717, 1.165) is 4.90 Å². The number of carbonyl (C=O) groups is 3. The second-order valence-electron chi connectivity index (χ2n) is 5.58. The highest BCUT2D eigenvalue weighted by molar-refractivity contribution is 7.80. The van der Waals surface area contributed by atoms with Gasteiger partial charge in [0.05, 0.1) is 5.69 Å². The van der Waals surface area contributed by atoms with Gasteiger partial charge in [0.2, 0.25) is 5.91 Å². The Labute approximate surface area is 160 Å². The fourth-order valence-corrected chi connectivity index (χ4v) is 2.65. The summed E-state index contributed by atoms with van der Waals surface area (Å²) in [6.07, 6.45) is 0. The zero-order valence-electron chi connectivity index (χ0n) is 14.0. The van der Waals surface area contributed by atoms with Gasteiger partial charge in [-0.25, -0.2) is 4.90 Å². The van der Waals surface area contributed by atoms with Crippen molar-refractivity contribution >= 4 is 52.1 Å². The standard InChI is InChI=1S/C18H15N5O3S/c19-18(27)22-21-14-13(15(24)20-11-7-3-1-4-8-11)16(25)23(17(14)26)12-9-5-2-6-10-12/h1-10,13H,(H,20,24)(H3,19,22,27)/b21-14-/t13-/m1/s1. The molecule has 1 aliphatic rings. The lowest BCUT2D eigenvalue weighted by Gasteiger charge is -2.13. The summed E-state index contributed by atoms with van der Waals surface area (Å²) < 4.78 is 0. The fraction of sp³-hybridized carbons (Fsp3) is 0.0556. The second-order valence-corrected chi connectivity index (χ2v) is 6.02. The van der Waals surface area contributed by atoms with Gasteiger partial charge in [-0.15, -0.1) is 0 Å². The first-order valence-corrected chi connectivity index (χ1v) is 8.32. The second kappa shape index (κ2) is 7.75. The first-order valence-electron chi connectivity index (χ1n) is 7.91. The van der Waals surface area contributed by atoms with Gasteiger partial charge in [-0.2, -0.15) is 5.10 Å². The Bertz CT molecular complexity index is 931. The maximum atomic E-state index is 12.9. The number of rotatable bonds is 4. The summed E-state index contributed by atoms with van der Waals surface area (Å²) >= 11 is 4.68. The van der Waals surface area contributed by atoms with Crippen molar-refractivity contribution in [3.05, 3.63) is 60.7 Å². The zero-order valence-corrected chi connectivity index (χ0v) is 14.8. The highest BCUT2D eigenvalue weighted by Gasteiger charge is 2.50. The van der Waals surface area contributed by atoms with Gasteiger partial charge in [0.25, 0.3) is 11.8 Å². The van der Waals surface area contributed by atoms with Crippen molar-refractivity contribution < 1.29 is 14.4 Å². The van der Waals surface area contributed by atoms with E-state index in [-0.39, 0.29) is 10.8 Å². The van der Waals surface area contributed by atoms with E-state index in [2.05, 4.69) is 28.1 Å². The Morgan fingerprint density at radius 1 is 1.04 bits per heavy atom. The molecule has 1 fully saturated rings. The molecule has 0 unspecified atom stereocenters. The first-order chi connectivity index (χ1) is 13.0. The molecule has 1 aliphatic heterocycles. The summed E-state index contributed by atoms with van der Waals surface area (Å²) in [7, 11) is 0. The molecule has 8 nitrogen and oxygen atoms in total. The van der Waals surface area contributed by atoms with Gasteiger partial charge in [-0.05, 0) is 36.5 Å². The molecule has 3 amide bonds. The number of hydrogen-bond acceptors (Lipinski definition) is 5. The molecule has 1 heterocycles. The number of benzene rings is 2. The molecular weight excluding hydrogens is 366 g/mol. The number of imide groups is 1. The first kappa shape index (κ1) is 18.2. The van der Waals surface area contributed by atoms with Crippen LogP contribution in [0.5, 0.6) is 0 Å². The lowest BCUT2D eigenvalue weighted by Crippen LogP contribution is -2.35. The number of nitrogens with two attached hydrogens (primary N) is 1. The minimum absolute atomic E-state index is 0.192. The lowest BCUT2D eigenvalue weighted by atomic mass is 10.1. The number of nitrogens with zero attached hydrogens (tertiary/aromatic N) is 2. The van der Waals surface area contributed by atoms with E-state index in [9.17, 15) is 14.4 Å². The molecule has 0 radical (unpaired) electrons. The summed E-state index contributed by atoms with van der Waals surface area (Å²) in [5.41, 5.74) is 8.16. The molecule has 0 aliphatic carbocycles. The van der Waals surface area contributed by atoms with Crippen LogP contribution in [0, 0.1) is 5.92 Å². The quantitative estimate of drug-likeness (QED) is 0.315. The van der Waals surface area contributed by atoms with E-state index < -0.39 is 23.6 Å². The summed E-state index contributed by atoms with van der Waals surface area (Å²) in [4.78, 5) is 39.3. The molecule has 0 aromatic heterocycles. The SMILES string of the molecule is NC(=S)N/N=C1\C(=O)N(c2ccccc2)C(=O)[C@H]1C(=O)Nc1ccccc1. The molecule has 136 valence electrons. The Balaban J connectivity index is 1.96. The van der Waals surface area contributed by atoms with Crippen LogP contribution in [0.3, 0.4) is 0 Å². The Hall–Kier alpha value is -3.59. The summed E-state index contributed by atoms with van der Waals surface area (Å²) in [5, 5.41) is 6.22. The molecule has 0 bridgehead atoms. The van der Waals surface area contributed by atoms with Crippen molar-refractivity contribution in [2.75, 3.05) is 10.2 Å². The van der Waals surface area contributed by atoms with Crippen molar-refractivity contribution in [2.45, 2.75) is 0 Å². The van der Waals surface area contributed by atoms with Crippen molar-refractivity contribution in [3.8, 4) is 0 Å². The van der Waals surface area contributed by atoms with Crippen molar-refractivity contribution in [1.82, 2.24) is 5.43 Å². The third kappa shape index (κ3) is 3.82. The zero-order chi connectivity index (χ0) is 19.4. The van der Waals surface area contributed by atoms with Crippen LogP contribution in [0.25, 0.3) is 0 Å². The van der Waals surface area contributed by atoms with Gasteiger partial charge in [0.15, 0.2) is 11.0 Å². The third-order valence-corrected chi connectivity index (χ3v) is 3.86. The summed E-state index contributed by atoms with van der Waals surface area (Å²) in [5.74, 6) is -3.53. The van der Waals surface area contributed by atoms with Crippen LogP contribution in [0.1, 0.15) is 0 Å². The maximum Gasteiger partial charge on any atom is 0.282 e. The summed E-state index contributed by atoms with van der Waals surface area (Å²) in [6, 6.07) is 16.9. The molecule has 4 N–H and O–H groups in total. The number of thiocarbonyl (C=S) groups is 1. The largest absolute Gasteiger partial charge is 0.375 e. The van der Waals surface area contributed by atoms with Gasteiger partial charge in [-0.1, -0.05) is 36.4 Å². The van der Waals surface area contributed by atoms with Crippen LogP contribution < -0.4 is 21.4 Å². The normalized spacial score (nSPS) is 17.9. The fourth-order valence-electron chi connectivity index (χ4n) is 2.61. The van der Waals surface area contributed by atoms with Crippen molar-refractivity contribution in [1.29, 1.82) is 0 Å². The van der Waals surface area contributed by atoms with Gasteiger partial charge >= 0.3 is 0 Å². The Kier molecular flexibility index (Phi) is 5.23. The number of amides is 3. The van der Waals surface area contributed by atoms with Crippen molar-refractivity contribution in [3.63, 3.8) is 0 Å². The molecule has 3 rings (SSSR count). The lowest BCUT2D eigenvalue weighted by molar-refractivity contribution is -0.127. The van der Waals surface area contributed by atoms with E-state index >= 15 is 0 Å². The highest BCUT2D eigenvalue weighted by atomic mass is 32.1. The number of para-hydroxylation sites is 2. The molecule has 2 aromatic rings. The molecular formula is C18H15N5O3S. The third-order valence-electron chi connectivity index (χ3n) is 3.77. The average molecular weight is 381 g/mol. The van der Waals surface area contributed by atoms with E-state index in [0.29, 0.717) is 11.4 Å². The minimum Gasteiger partial charge on any atom is -0.375 e. The molecule has 9 heteroatoms. The molecule has 27 heavy (non-hydrogen) atoms. The molecule has 0 saturated carbocycles. The van der Waals surface area contributed by atoms with Crippen LogP contribution in [0.2, 0.25) is 0 Å². The van der Waals surface area contributed by atoms with Crippen LogP contribution in [0.15, 0.2) is 65.8 Å². The van der Waals surface area contributed by atoms with Crippen LogP contribution in [-0.2, 0) is 14.4 Å². The van der Waals surface area contributed by atoms with E-state index in [1.165, 1.54) is 0 Å². The van der Waals surface area contributed by atoms with Gasteiger partial charge in [0.1, 0.15) is 5.71 Å². The molecule has 2 aromatic carbocycles. The average Bonchev–Trinajstić information content (AvgIpc) is 2.91. The van der Waals surface area contributed by atoms with Crippen molar-refractivity contribution in [2.24, 2.45) is 16.8 Å². The summed E-state index contributed by atoms with van der Waals surface area (Å²) in [6.45, 7) is 0. The van der Waals surface area contributed by atoms with E-state index in [4.69, 9.17) is 5.73 Å². The molecule has 0 spiro atoms. The molecule has 1 saturated heterocycles. The number of nitrogens with one attached hydrogen (secondary N) is 2. The van der Waals surface area contributed by atoms with Crippen LogP contribution >= 0.6 is 12.2 Å². The Morgan fingerprint density at radius 3 is 2.22 bits per heavy atom. The van der Waals surface area contributed by atoms with Gasteiger partial charge in [-0.3, -0.25) is 19.8 Å². The van der Waals surface area contributed by atoms with E-state index in [1.807, 2.05) is 0 Å². The van der Waals surface area contributed by atoms with Gasteiger partial charge in [0, 0.05) is 5.69 Å². The van der Waals surface area contributed by atoms with Crippen LogP contribution in [0.4, 0.5) is 11.4 Å². The predicted molar refractivity (Wildman–Crippen MR) is 105 cm³/mol. The van der Waals surface area contributed by atoms with Gasteiger partial charge < -0.3 is 11.1 Å². The predicted octanol–water partition coefficient (Wildman–Crippen LogP) is 1.00. The monoisotopic (exact) mass is 381 g/mol. The smallest absolute Gasteiger partial charge is 0.282 e. The maximum absolute atomic E-state index is 12.9. The number of hydrazone groups is 1. The number of carbonyl (C=O) groups excluding carboxylic acids is 3. The van der Waals surface area contributed by atoms with E-state index in [1.54, 1.807) is 60.7 Å².